The first kappa shape index (κ1) is 33.5. The molecule has 0 saturated heterocycles. The maximum Gasteiger partial charge on any atom is 0.238 e. The van der Waals surface area contributed by atoms with E-state index >= 15 is 0 Å². The second kappa shape index (κ2) is 13.0. The second-order valence-corrected chi connectivity index (χ2v) is 17.1. The van der Waals surface area contributed by atoms with Crippen LogP contribution in [0.3, 0.4) is 0 Å². The van der Waals surface area contributed by atoms with Crippen LogP contribution in [0.4, 0.5) is 0 Å². The number of para-hydroxylation sites is 4. The van der Waals surface area contributed by atoms with E-state index in [9.17, 15) is 0 Å². The molecule has 6 nitrogen and oxygen atoms in total. The summed E-state index contributed by atoms with van der Waals surface area (Å²) in [5.41, 5.74) is 9.24. The Kier molecular flexibility index (Phi) is 7.24. The van der Waals surface area contributed by atoms with Crippen molar-refractivity contribution in [1.29, 1.82) is 0 Å². The lowest BCUT2D eigenvalue weighted by Crippen LogP contribution is -2.07. The van der Waals surface area contributed by atoms with Gasteiger partial charge in [0.1, 0.15) is 5.01 Å². The molecule has 0 atom stereocenters. The van der Waals surface area contributed by atoms with E-state index in [1.54, 1.807) is 11.3 Å². The molecule has 8 aromatic carbocycles. The van der Waals surface area contributed by atoms with E-state index in [1.165, 1.54) is 30.3 Å². The van der Waals surface area contributed by atoms with E-state index in [1.807, 2.05) is 29.5 Å². The number of benzene rings is 8. The van der Waals surface area contributed by atoms with Crippen molar-refractivity contribution in [3.8, 4) is 45.0 Å². The molecule has 0 spiro atoms. The fraction of sp³-hybridized carbons (Fsp3) is 0. The first-order valence-electron chi connectivity index (χ1n) is 19.9. The number of hydrogen-bond acceptors (Lipinski definition) is 6. The minimum absolute atomic E-state index is 0.559. The van der Waals surface area contributed by atoms with Gasteiger partial charge in [0.15, 0.2) is 11.6 Å². The van der Waals surface area contributed by atoms with Crippen molar-refractivity contribution in [2.24, 2.45) is 0 Å². The van der Waals surface area contributed by atoms with Crippen LogP contribution >= 0.6 is 22.7 Å². The molecule has 13 rings (SSSR count). The summed E-state index contributed by atoms with van der Waals surface area (Å²) < 4.78 is 8.36. The van der Waals surface area contributed by atoms with Crippen LogP contribution in [0.2, 0.25) is 0 Å². The van der Waals surface area contributed by atoms with Gasteiger partial charge in [-0.25, -0.2) is 9.97 Å². The highest BCUT2D eigenvalue weighted by atomic mass is 32.1. The average Bonchev–Trinajstić information content (AvgIpc) is 4.08. The fourth-order valence-corrected chi connectivity index (χ4v) is 11.1. The molecule has 13 aromatic rings. The topological polar surface area (TPSA) is 61.4 Å². The molecule has 0 fully saturated rings. The third-order valence-corrected chi connectivity index (χ3v) is 13.8. The molecule has 0 aliphatic rings. The summed E-state index contributed by atoms with van der Waals surface area (Å²) >= 11 is 3.53. The number of nitrogens with zero attached hydrogens (tertiary/aromatic N) is 6. The molecule has 5 heterocycles. The van der Waals surface area contributed by atoms with Crippen molar-refractivity contribution < 1.29 is 0 Å². The molecule has 8 heteroatoms. The summed E-state index contributed by atoms with van der Waals surface area (Å²) in [6.07, 6.45) is 0. The predicted molar refractivity (Wildman–Crippen MR) is 251 cm³/mol. The van der Waals surface area contributed by atoms with E-state index in [2.05, 4.69) is 173 Å². The molecule has 280 valence electrons. The highest BCUT2D eigenvalue weighted by Crippen LogP contribution is 2.44. The molecule has 60 heavy (non-hydrogen) atoms. The maximum atomic E-state index is 5.42. The van der Waals surface area contributed by atoms with Crippen LogP contribution in [-0.2, 0) is 0 Å². The number of thiophene rings is 1. The van der Waals surface area contributed by atoms with Gasteiger partial charge >= 0.3 is 0 Å². The molecular formula is C52H30N6S2. The summed E-state index contributed by atoms with van der Waals surface area (Å²) in [7, 11) is 0. The largest absolute Gasteiger partial charge is 0.306 e. The molecule has 0 aliphatic heterocycles. The van der Waals surface area contributed by atoms with E-state index in [0.29, 0.717) is 17.6 Å². The first-order chi connectivity index (χ1) is 29.7. The summed E-state index contributed by atoms with van der Waals surface area (Å²) in [4.78, 5) is 21.1. The summed E-state index contributed by atoms with van der Waals surface area (Å²) in [6, 6.07) is 64.3. The minimum Gasteiger partial charge on any atom is -0.306 e. The van der Waals surface area contributed by atoms with E-state index in [-0.39, 0.29) is 0 Å². The monoisotopic (exact) mass is 802 g/mol. The van der Waals surface area contributed by atoms with Gasteiger partial charge in [-0.05, 0) is 60.7 Å². The Morgan fingerprint density at radius 3 is 1.75 bits per heavy atom. The molecule has 0 unspecified atom stereocenters. The van der Waals surface area contributed by atoms with Crippen molar-refractivity contribution in [2.75, 3.05) is 0 Å². The fourth-order valence-electron chi connectivity index (χ4n) is 8.97. The minimum atomic E-state index is 0.559. The lowest BCUT2D eigenvalue weighted by molar-refractivity contribution is 0.953. The van der Waals surface area contributed by atoms with Crippen molar-refractivity contribution in [3.63, 3.8) is 0 Å². The van der Waals surface area contributed by atoms with Gasteiger partial charge in [-0.3, -0.25) is 4.57 Å². The molecule has 5 aromatic heterocycles. The van der Waals surface area contributed by atoms with Crippen LogP contribution in [-0.4, -0.2) is 29.1 Å². The standard InChI is InChI=1S/C52H30N6S2/c1-2-14-31(15-3-1)49-54-50(32-26-29-45-39(30-32)35-18-7-12-24-44(35)59-45)56-52(55-49)58-42-22-10-5-17-34(42)37-28-27-36-33-16-4-9-21-41(33)57(47(36)48(37)58)43-23-11-6-19-38(43)51-53-40-20-8-13-25-46(40)60-51/h1-30H. The summed E-state index contributed by atoms with van der Waals surface area (Å²) in [5.74, 6) is 1.80. The van der Waals surface area contributed by atoms with Gasteiger partial charge in [-0.1, -0.05) is 121 Å². The number of aromatic nitrogens is 6. The number of rotatable bonds is 5. The lowest BCUT2D eigenvalue weighted by Gasteiger charge is -2.15. The van der Waals surface area contributed by atoms with Gasteiger partial charge < -0.3 is 4.57 Å². The molecule has 0 amide bonds. The third kappa shape index (κ3) is 4.98. The average molecular weight is 803 g/mol. The highest BCUT2D eigenvalue weighted by Gasteiger charge is 2.25. The quantitative estimate of drug-likeness (QED) is 0.174. The Hall–Kier alpha value is -7.52. The van der Waals surface area contributed by atoms with Crippen LogP contribution in [0.15, 0.2) is 182 Å². The number of fused-ring (bicyclic) bond motifs is 11. The van der Waals surface area contributed by atoms with Crippen molar-refractivity contribution in [2.45, 2.75) is 0 Å². The molecule has 0 N–H and O–H groups in total. The van der Waals surface area contributed by atoms with Crippen molar-refractivity contribution in [3.05, 3.63) is 182 Å². The highest BCUT2D eigenvalue weighted by molar-refractivity contribution is 7.25. The van der Waals surface area contributed by atoms with E-state index in [4.69, 9.17) is 19.9 Å². The van der Waals surface area contributed by atoms with Gasteiger partial charge in [-0.15, -0.1) is 22.7 Å². The van der Waals surface area contributed by atoms with Crippen molar-refractivity contribution in [1.82, 2.24) is 29.1 Å². The Morgan fingerprint density at radius 2 is 0.967 bits per heavy atom. The second-order valence-electron chi connectivity index (χ2n) is 15.0. The zero-order valence-corrected chi connectivity index (χ0v) is 33.5. The van der Waals surface area contributed by atoms with Gasteiger partial charge in [0.05, 0.1) is 38.0 Å². The van der Waals surface area contributed by atoms with Gasteiger partial charge in [-0.2, -0.15) is 9.97 Å². The number of hydrogen-bond donors (Lipinski definition) is 0. The van der Waals surface area contributed by atoms with E-state index in [0.717, 1.165) is 71.1 Å². The normalized spacial score (nSPS) is 12.0. The van der Waals surface area contributed by atoms with Crippen LogP contribution in [0, 0.1) is 0 Å². The Labute approximate surface area is 350 Å². The first-order valence-corrected chi connectivity index (χ1v) is 21.5. The van der Waals surface area contributed by atoms with Gasteiger partial charge in [0, 0.05) is 58.4 Å². The molecular weight excluding hydrogens is 773 g/mol. The van der Waals surface area contributed by atoms with Crippen LogP contribution in [0.25, 0.3) is 119 Å². The van der Waals surface area contributed by atoms with Crippen molar-refractivity contribution >= 4 is 96.7 Å². The van der Waals surface area contributed by atoms with Gasteiger partial charge in [0.25, 0.3) is 0 Å². The molecule has 0 radical (unpaired) electrons. The van der Waals surface area contributed by atoms with E-state index < -0.39 is 0 Å². The predicted octanol–water partition coefficient (Wildman–Crippen LogP) is 14.0. The lowest BCUT2D eigenvalue weighted by atomic mass is 10.1. The Morgan fingerprint density at radius 1 is 0.367 bits per heavy atom. The smallest absolute Gasteiger partial charge is 0.238 e. The Bertz CT molecular complexity index is 3820. The number of thiazole rings is 1. The summed E-state index contributed by atoms with van der Waals surface area (Å²) in [6.45, 7) is 0. The molecule has 0 saturated carbocycles. The summed E-state index contributed by atoms with van der Waals surface area (Å²) in [5, 5.41) is 7.98. The van der Waals surface area contributed by atoms with Crippen LogP contribution in [0.5, 0.6) is 0 Å². The van der Waals surface area contributed by atoms with Crippen LogP contribution in [0.1, 0.15) is 0 Å². The molecule has 0 bridgehead atoms. The maximum absolute atomic E-state index is 5.42. The zero-order chi connectivity index (χ0) is 39.3. The zero-order valence-electron chi connectivity index (χ0n) is 31.8. The van der Waals surface area contributed by atoms with Crippen LogP contribution < -0.4 is 0 Å². The SMILES string of the molecule is c1ccc(-c2nc(-c3ccc4sc5ccccc5c4c3)nc(-n3c4ccccc4c4ccc5c6ccccc6n(-c6ccccc6-c6nc7ccccc7s6)c5c43)n2)cc1. The Balaban J connectivity index is 1.15. The third-order valence-electron chi connectivity index (χ3n) is 11.6. The van der Waals surface area contributed by atoms with Gasteiger partial charge in [0.2, 0.25) is 5.95 Å². The molecule has 0 aliphatic carbocycles.